The van der Waals surface area contributed by atoms with Gasteiger partial charge in [0.2, 0.25) is 11.4 Å². The summed E-state index contributed by atoms with van der Waals surface area (Å²) in [7, 11) is 1.83. The Hall–Kier alpha value is -3.63. The van der Waals surface area contributed by atoms with Gasteiger partial charge >= 0.3 is 0 Å². The smallest absolute Gasteiger partial charge is 0.229 e. The zero-order valence-corrected chi connectivity index (χ0v) is 15.2. The van der Waals surface area contributed by atoms with Gasteiger partial charge in [0.25, 0.3) is 0 Å². The standard InChI is InChI=1S/C23H18N3O/c1-13-7-11-19(26(5)15(13)3)20-14(2)6-9-17-21-16(12-24)8-10-18(25-4)23(21)27-22(17)20/h6-11H,1-3,5H3/q+1/i1D3. The van der Waals surface area contributed by atoms with Gasteiger partial charge in [0.05, 0.1) is 23.8 Å². The fraction of sp³-hybridized carbons (Fsp3) is 0.174. The van der Waals surface area contributed by atoms with E-state index in [4.69, 9.17) is 15.1 Å². The van der Waals surface area contributed by atoms with Crippen LogP contribution in [-0.4, -0.2) is 0 Å². The summed E-state index contributed by atoms with van der Waals surface area (Å²) in [5.41, 5.74) is 5.26. The third-order valence-electron chi connectivity index (χ3n) is 5.14. The topological polar surface area (TPSA) is 45.2 Å². The highest BCUT2D eigenvalue weighted by Crippen LogP contribution is 2.41. The van der Waals surface area contributed by atoms with Gasteiger partial charge in [-0.2, -0.15) is 9.83 Å². The van der Waals surface area contributed by atoms with Gasteiger partial charge < -0.3 is 4.42 Å². The highest BCUT2D eigenvalue weighted by molar-refractivity contribution is 6.14. The molecule has 0 N–H and O–H groups in total. The predicted octanol–water partition coefficient (Wildman–Crippen LogP) is 5.43. The number of nitriles is 1. The van der Waals surface area contributed by atoms with Crippen molar-refractivity contribution >= 4 is 27.6 Å². The molecule has 0 unspecified atom stereocenters. The van der Waals surface area contributed by atoms with Crippen LogP contribution in [0.4, 0.5) is 5.69 Å². The molecule has 0 spiro atoms. The van der Waals surface area contributed by atoms with E-state index >= 15 is 0 Å². The van der Waals surface area contributed by atoms with Crippen LogP contribution < -0.4 is 4.57 Å². The third kappa shape index (κ3) is 2.31. The lowest BCUT2D eigenvalue weighted by atomic mass is 9.98. The summed E-state index contributed by atoms with van der Waals surface area (Å²) in [4.78, 5) is 3.54. The van der Waals surface area contributed by atoms with E-state index in [1.807, 2.05) is 30.7 Å². The summed E-state index contributed by atoms with van der Waals surface area (Å²) in [5, 5.41) is 11.0. The predicted molar refractivity (Wildman–Crippen MR) is 106 cm³/mol. The first-order valence-electron chi connectivity index (χ1n) is 9.96. The highest BCUT2D eigenvalue weighted by Gasteiger charge is 2.24. The van der Waals surface area contributed by atoms with E-state index in [2.05, 4.69) is 10.9 Å². The van der Waals surface area contributed by atoms with Gasteiger partial charge in [-0.05, 0) is 25.4 Å². The van der Waals surface area contributed by atoms with Crippen molar-refractivity contribution in [2.24, 2.45) is 7.05 Å². The summed E-state index contributed by atoms with van der Waals surface area (Å²) >= 11 is 0. The van der Waals surface area contributed by atoms with E-state index in [0.717, 1.165) is 22.2 Å². The minimum Gasteiger partial charge on any atom is -0.466 e. The first kappa shape index (κ1) is 13.6. The Bertz CT molecular complexity index is 1430. The van der Waals surface area contributed by atoms with Crippen LogP contribution in [0.2, 0.25) is 0 Å². The van der Waals surface area contributed by atoms with Crippen LogP contribution in [0.3, 0.4) is 0 Å². The van der Waals surface area contributed by atoms with E-state index in [1.54, 1.807) is 31.2 Å². The average Bonchev–Trinajstić information content (AvgIpc) is 3.08. The Balaban J connectivity index is 2.14. The number of hydrogen-bond donors (Lipinski definition) is 0. The van der Waals surface area contributed by atoms with Crippen molar-refractivity contribution in [2.75, 3.05) is 0 Å². The van der Waals surface area contributed by atoms with Crippen molar-refractivity contribution in [3.8, 4) is 17.3 Å². The normalized spacial score (nSPS) is 13.0. The number of hydrogen-bond acceptors (Lipinski definition) is 2. The van der Waals surface area contributed by atoms with Gasteiger partial charge in [0.1, 0.15) is 18.2 Å². The van der Waals surface area contributed by atoms with E-state index in [-0.39, 0.29) is 0 Å². The fourth-order valence-corrected chi connectivity index (χ4v) is 3.54. The minimum absolute atomic E-state index is 0.297. The lowest BCUT2D eigenvalue weighted by Crippen LogP contribution is -2.35. The summed E-state index contributed by atoms with van der Waals surface area (Å²) in [6.07, 6.45) is 0. The number of fused-ring (bicyclic) bond motifs is 3. The molecule has 0 fully saturated rings. The van der Waals surface area contributed by atoms with E-state index in [0.29, 0.717) is 39.1 Å². The maximum absolute atomic E-state index is 9.58. The van der Waals surface area contributed by atoms with Crippen LogP contribution in [-0.2, 0) is 7.05 Å². The molecule has 2 aromatic heterocycles. The molecule has 27 heavy (non-hydrogen) atoms. The van der Waals surface area contributed by atoms with E-state index < -0.39 is 6.85 Å². The fourth-order valence-electron chi connectivity index (χ4n) is 3.54. The van der Waals surface area contributed by atoms with E-state index in [9.17, 15) is 5.26 Å². The van der Waals surface area contributed by atoms with Crippen LogP contribution in [0.1, 0.15) is 26.5 Å². The maximum Gasteiger partial charge on any atom is 0.229 e. The Morgan fingerprint density at radius 3 is 2.59 bits per heavy atom. The van der Waals surface area contributed by atoms with Crippen molar-refractivity contribution < 1.29 is 13.1 Å². The molecule has 0 atom stereocenters. The van der Waals surface area contributed by atoms with Gasteiger partial charge in [-0.3, -0.25) is 0 Å². The quantitative estimate of drug-likeness (QED) is 0.338. The largest absolute Gasteiger partial charge is 0.466 e. The maximum atomic E-state index is 9.58. The van der Waals surface area contributed by atoms with Gasteiger partial charge in [0.15, 0.2) is 5.69 Å². The second-order valence-electron chi connectivity index (χ2n) is 6.57. The number of furan rings is 1. The molecule has 4 aromatic rings. The first-order valence-corrected chi connectivity index (χ1v) is 8.46. The Kier molecular flexibility index (Phi) is 3.00. The molecule has 130 valence electrons. The number of pyridine rings is 1. The average molecular weight is 355 g/mol. The Labute approximate surface area is 161 Å². The molecule has 2 heterocycles. The van der Waals surface area contributed by atoms with Crippen molar-refractivity contribution in [2.45, 2.75) is 20.7 Å². The van der Waals surface area contributed by atoms with Crippen LogP contribution >= 0.6 is 0 Å². The summed E-state index contributed by atoms with van der Waals surface area (Å²) < 4.78 is 31.3. The number of benzene rings is 2. The van der Waals surface area contributed by atoms with Crippen molar-refractivity contribution in [3.63, 3.8) is 0 Å². The number of aryl methyl sites for hydroxylation is 2. The number of aromatic nitrogens is 1. The van der Waals surface area contributed by atoms with Gasteiger partial charge in [-0.1, -0.05) is 24.3 Å². The molecule has 4 rings (SSSR count). The van der Waals surface area contributed by atoms with Gasteiger partial charge in [-0.25, -0.2) is 4.85 Å². The molecule has 0 aliphatic carbocycles. The zero-order chi connectivity index (χ0) is 21.8. The SMILES string of the molecule is [2H]C([2H])([2H])c1ccc(-c2c(C)ccc3c2oc2c([N+]#[C-])ccc(C#N)c23)[n+](C)c1C. The molecule has 4 heteroatoms. The second kappa shape index (κ2) is 5.97. The van der Waals surface area contributed by atoms with Crippen LogP contribution in [0, 0.1) is 38.6 Å². The Morgan fingerprint density at radius 2 is 1.89 bits per heavy atom. The molecule has 0 saturated heterocycles. The lowest BCUT2D eigenvalue weighted by molar-refractivity contribution is -0.667. The van der Waals surface area contributed by atoms with Crippen molar-refractivity contribution in [1.82, 2.24) is 0 Å². The molecule has 0 amide bonds. The van der Waals surface area contributed by atoms with Crippen LogP contribution in [0.25, 0.3) is 38.0 Å². The summed E-state index contributed by atoms with van der Waals surface area (Å²) in [6.45, 7) is 8.99. The molecule has 4 nitrogen and oxygen atoms in total. The van der Waals surface area contributed by atoms with Gasteiger partial charge in [0, 0.05) is 33.4 Å². The molecule has 0 bridgehead atoms. The van der Waals surface area contributed by atoms with Crippen molar-refractivity contribution in [1.29, 1.82) is 5.26 Å². The molecular weight excluding hydrogens is 334 g/mol. The number of rotatable bonds is 1. The van der Waals surface area contributed by atoms with E-state index in [1.165, 1.54) is 0 Å². The van der Waals surface area contributed by atoms with Gasteiger partial charge in [-0.15, -0.1) is 0 Å². The zero-order valence-electron chi connectivity index (χ0n) is 18.2. The Morgan fingerprint density at radius 1 is 1.11 bits per heavy atom. The molecule has 0 saturated carbocycles. The van der Waals surface area contributed by atoms with Crippen molar-refractivity contribution in [3.05, 3.63) is 70.2 Å². The minimum atomic E-state index is -2.20. The monoisotopic (exact) mass is 355 g/mol. The first-order chi connectivity index (χ1) is 14.2. The van der Waals surface area contributed by atoms with Crippen LogP contribution in [0.15, 0.2) is 40.8 Å². The second-order valence-corrected chi connectivity index (χ2v) is 6.57. The number of nitrogens with zero attached hydrogens (tertiary/aromatic N) is 3. The summed E-state index contributed by atoms with van der Waals surface area (Å²) in [5.74, 6) is 0. The molecule has 0 radical (unpaired) electrons. The molecule has 0 aliphatic rings. The third-order valence-corrected chi connectivity index (χ3v) is 5.14. The molecule has 0 aliphatic heterocycles. The molecular formula is C23H18N3O+. The van der Waals surface area contributed by atoms with Crippen LogP contribution in [0.5, 0.6) is 0 Å². The molecule has 2 aromatic carbocycles. The lowest BCUT2D eigenvalue weighted by Gasteiger charge is -2.08. The summed E-state index contributed by atoms with van der Waals surface area (Å²) in [6, 6.07) is 12.7. The highest BCUT2D eigenvalue weighted by atomic mass is 16.3.